The van der Waals surface area contributed by atoms with Crippen LogP contribution in [0.3, 0.4) is 0 Å². The zero-order valence-electron chi connectivity index (χ0n) is 15.2. The molecule has 140 valence electrons. The van der Waals surface area contributed by atoms with E-state index in [4.69, 9.17) is 4.74 Å². The first-order valence-corrected chi connectivity index (χ1v) is 10.0. The first-order chi connectivity index (χ1) is 12.8. The van der Waals surface area contributed by atoms with Gasteiger partial charge in [-0.05, 0) is 74.0 Å². The van der Waals surface area contributed by atoms with Crippen LogP contribution in [-0.2, 0) is 6.61 Å². The molecule has 0 fully saturated rings. The predicted molar refractivity (Wildman–Crippen MR) is 112 cm³/mol. The maximum atomic E-state index is 9.81. The highest BCUT2D eigenvalue weighted by Gasteiger charge is 2.10. The molecule has 3 aromatic rings. The summed E-state index contributed by atoms with van der Waals surface area (Å²) in [5.41, 5.74) is 3.70. The highest BCUT2D eigenvalue weighted by molar-refractivity contribution is 9.11. The highest BCUT2D eigenvalue weighted by Crippen LogP contribution is 2.36. The fourth-order valence-electron chi connectivity index (χ4n) is 2.48. The molecular weight excluding hydrogens is 474 g/mol. The van der Waals surface area contributed by atoms with Crippen LogP contribution in [0.25, 0.3) is 11.3 Å². The molecular formula is C20H19Br2N3O2. The summed E-state index contributed by atoms with van der Waals surface area (Å²) in [6.45, 7) is 6.57. The van der Waals surface area contributed by atoms with Crippen molar-refractivity contribution >= 4 is 31.9 Å². The zero-order valence-corrected chi connectivity index (χ0v) is 18.4. The first kappa shape index (κ1) is 19.8. The molecule has 0 spiro atoms. The Hall–Kier alpha value is -1.99. The standard InChI is InChI=1S/C20H19Br2N3O2/c1-11(2)13-5-4-12(3)18(8-13)27-10-19-23-9-17(24-25-19)14-6-15(21)20(26)16(22)7-14/h4-9,11,26H,10H2,1-3H3. The third kappa shape index (κ3) is 4.65. The summed E-state index contributed by atoms with van der Waals surface area (Å²) >= 11 is 6.63. The van der Waals surface area contributed by atoms with Gasteiger partial charge in [0.1, 0.15) is 23.8 Å². The molecule has 0 aliphatic carbocycles. The lowest BCUT2D eigenvalue weighted by molar-refractivity contribution is 0.291. The number of aryl methyl sites for hydroxylation is 1. The molecule has 3 rings (SSSR count). The number of phenols is 1. The smallest absolute Gasteiger partial charge is 0.188 e. The molecule has 0 amide bonds. The molecule has 0 aliphatic heterocycles. The molecule has 5 nitrogen and oxygen atoms in total. The minimum absolute atomic E-state index is 0.142. The third-order valence-corrected chi connectivity index (χ3v) is 5.37. The number of nitrogens with zero attached hydrogens (tertiary/aromatic N) is 3. The van der Waals surface area contributed by atoms with Gasteiger partial charge in [0.25, 0.3) is 0 Å². The molecule has 27 heavy (non-hydrogen) atoms. The van der Waals surface area contributed by atoms with E-state index in [1.165, 1.54) is 5.56 Å². The van der Waals surface area contributed by atoms with Crippen LogP contribution in [0.4, 0.5) is 0 Å². The van der Waals surface area contributed by atoms with Crippen molar-refractivity contribution in [3.8, 4) is 22.8 Å². The maximum absolute atomic E-state index is 9.81. The Morgan fingerprint density at radius 1 is 1.07 bits per heavy atom. The van der Waals surface area contributed by atoms with E-state index in [0.717, 1.165) is 16.9 Å². The molecule has 2 aromatic carbocycles. The lowest BCUT2D eigenvalue weighted by Gasteiger charge is -2.12. The molecule has 7 heteroatoms. The fourth-order valence-corrected chi connectivity index (χ4v) is 3.67. The van der Waals surface area contributed by atoms with Crippen molar-refractivity contribution in [3.63, 3.8) is 0 Å². The minimum atomic E-state index is 0.142. The number of phenolic OH excluding ortho intramolecular Hbond substituents is 1. The third-order valence-electron chi connectivity index (χ3n) is 4.16. The number of benzene rings is 2. The molecule has 1 heterocycles. The lowest BCUT2D eigenvalue weighted by Crippen LogP contribution is -2.05. The van der Waals surface area contributed by atoms with Crippen LogP contribution < -0.4 is 4.74 Å². The molecule has 0 unspecified atom stereocenters. The van der Waals surface area contributed by atoms with Gasteiger partial charge < -0.3 is 9.84 Å². The van der Waals surface area contributed by atoms with E-state index in [9.17, 15) is 5.11 Å². The Morgan fingerprint density at radius 2 is 1.78 bits per heavy atom. The van der Waals surface area contributed by atoms with E-state index in [1.807, 2.05) is 6.92 Å². The molecule has 1 aromatic heterocycles. The minimum Gasteiger partial charge on any atom is -0.506 e. The topological polar surface area (TPSA) is 68.1 Å². The number of ether oxygens (including phenoxy) is 1. The van der Waals surface area contributed by atoms with E-state index >= 15 is 0 Å². The average molecular weight is 493 g/mol. The summed E-state index contributed by atoms with van der Waals surface area (Å²) in [5, 5.41) is 18.2. The van der Waals surface area contributed by atoms with Gasteiger partial charge in [0.05, 0.1) is 15.1 Å². The van der Waals surface area contributed by atoms with Crippen molar-refractivity contribution in [2.75, 3.05) is 0 Å². The summed E-state index contributed by atoms with van der Waals surface area (Å²) in [6.07, 6.45) is 1.65. The SMILES string of the molecule is Cc1ccc(C(C)C)cc1OCc1ncc(-c2cc(Br)c(O)c(Br)c2)nn1. The lowest BCUT2D eigenvalue weighted by atomic mass is 10.0. The van der Waals surface area contributed by atoms with E-state index in [-0.39, 0.29) is 12.4 Å². The van der Waals surface area contributed by atoms with Gasteiger partial charge in [-0.1, -0.05) is 26.0 Å². The number of hydrogen-bond acceptors (Lipinski definition) is 5. The van der Waals surface area contributed by atoms with E-state index in [0.29, 0.717) is 26.4 Å². The highest BCUT2D eigenvalue weighted by atomic mass is 79.9. The maximum Gasteiger partial charge on any atom is 0.188 e. The van der Waals surface area contributed by atoms with E-state index < -0.39 is 0 Å². The second-order valence-corrected chi connectivity index (χ2v) is 8.23. The first-order valence-electron chi connectivity index (χ1n) is 8.45. The number of hydrogen-bond donors (Lipinski definition) is 1. The predicted octanol–water partition coefficient (Wildman–Crippen LogP) is 5.78. The van der Waals surface area contributed by atoms with Crippen LogP contribution >= 0.6 is 31.9 Å². The van der Waals surface area contributed by atoms with Crippen molar-refractivity contribution < 1.29 is 9.84 Å². The Labute approximate surface area is 175 Å². The van der Waals surface area contributed by atoms with Crippen LogP contribution in [0, 0.1) is 6.92 Å². The van der Waals surface area contributed by atoms with Crippen molar-refractivity contribution in [1.82, 2.24) is 15.2 Å². The van der Waals surface area contributed by atoms with Crippen LogP contribution in [0.2, 0.25) is 0 Å². The average Bonchev–Trinajstić information content (AvgIpc) is 2.65. The van der Waals surface area contributed by atoms with Crippen LogP contribution in [0.5, 0.6) is 11.5 Å². The zero-order chi connectivity index (χ0) is 19.6. The summed E-state index contributed by atoms with van der Waals surface area (Å²) in [5.74, 6) is 1.92. The Bertz CT molecular complexity index is 937. The van der Waals surface area contributed by atoms with E-state index in [2.05, 4.69) is 79.1 Å². The Balaban J connectivity index is 1.74. The van der Waals surface area contributed by atoms with Gasteiger partial charge in [0, 0.05) is 5.56 Å². The van der Waals surface area contributed by atoms with Crippen molar-refractivity contribution in [2.24, 2.45) is 0 Å². The molecule has 0 saturated heterocycles. The quantitative estimate of drug-likeness (QED) is 0.488. The van der Waals surface area contributed by atoms with Crippen molar-refractivity contribution in [1.29, 1.82) is 0 Å². The largest absolute Gasteiger partial charge is 0.506 e. The summed E-state index contributed by atoms with van der Waals surface area (Å²) < 4.78 is 7.04. The fraction of sp³-hybridized carbons (Fsp3) is 0.250. The van der Waals surface area contributed by atoms with Gasteiger partial charge in [-0.15, -0.1) is 10.2 Å². The molecule has 0 radical (unpaired) electrons. The van der Waals surface area contributed by atoms with Gasteiger partial charge in [0.2, 0.25) is 0 Å². The Kier molecular flexibility index (Phi) is 6.11. The monoisotopic (exact) mass is 491 g/mol. The van der Waals surface area contributed by atoms with Gasteiger partial charge in [-0.3, -0.25) is 0 Å². The summed E-state index contributed by atoms with van der Waals surface area (Å²) in [4.78, 5) is 4.35. The van der Waals surface area contributed by atoms with Gasteiger partial charge in [0.15, 0.2) is 5.82 Å². The number of aromatic hydroxyl groups is 1. The molecule has 0 atom stereocenters. The van der Waals surface area contributed by atoms with Gasteiger partial charge in [-0.25, -0.2) is 4.98 Å². The second kappa shape index (κ2) is 8.35. The summed E-state index contributed by atoms with van der Waals surface area (Å²) in [6, 6.07) is 9.78. The molecule has 0 bridgehead atoms. The number of aromatic nitrogens is 3. The van der Waals surface area contributed by atoms with Crippen LogP contribution in [0.15, 0.2) is 45.5 Å². The van der Waals surface area contributed by atoms with Crippen molar-refractivity contribution in [3.05, 3.63) is 62.4 Å². The van der Waals surface area contributed by atoms with Gasteiger partial charge >= 0.3 is 0 Å². The number of halogens is 2. The van der Waals surface area contributed by atoms with Crippen LogP contribution in [0.1, 0.15) is 36.7 Å². The van der Waals surface area contributed by atoms with Crippen LogP contribution in [-0.4, -0.2) is 20.3 Å². The molecule has 1 N–H and O–H groups in total. The van der Waals surface area contributed by atoms with Gasteiger partial charge in [-0.2, -0.15) is 0 Å². The second-order valence-electron chi connectivity index (χ2n) is 6.52. The number of rotatable bonds is 5. The summed E-state index contributed by atoms with van der Waals surface area (Å²) in [7, 11) is 0. The molecule has 0 aliphatic rings. The van der Waals surface area contributed by atoms with Crippen molar-refractivity contribution in [2.45, 2.75) is 33.3 Å². The molecule has 0 saturated carbocycles. The Morgan fingerprint density at radius 3 is 2.37 bits per heavy atom. The normalized spacial score (nSPS) is 11.0. The van der Waals surface area contributed by atoms with E-state index in [1.54, 1.807) is 18.3 Å².